The van der Waals surface area contributed by atoms with Crippen molar-refractivity contribution in [2.75, 3.05) is 7.11 Å². The Labute approximate surface area is 173 Å². The number of para-hydroxylation sites is 1. The smallest absolute Gasteiger partial charge is 0.339 e. The van der Waals surface area contributed by atoms with Gasteiger partial charge in [0.1, 0.15) is 11.4 Å². The molecule has 150 valence electrons. The Balaban J connectivity index is 1.63. The lowest BCUT2D eigenvalue weighted by molar-refractivity contribution is 0.0320. The van der Waals surface area contributed by atoms with Crippen LogP contribution in [0.1, 0.15) is 27.6 Å². The fourth-order valence-electron chi connectivity index (χ4n) is 3.16. The summed E-state index contributed by atoms with van der Waals surface area (Å²) in [6, 6.07) is 19.1. The molecule has 0 saturated heterocycles. The molecule has 0 spiro atoms. The molecule has 0 bridgehead atoms. The molecule has 0 aliphatic carbocycles. The van der Waals surface area contributed by atoms with Crippen molar-refractivity contribution in [3.05, 3.63) is 84.1 Å². The van der Waals surface area contributed by atoms with Crippen LogP contribution in [0.2, 0.25) is 0 Å². The molecule has 1 atom stereocenters. The van der Waals surface area contributed by atoms with E-state index >= 15 is 0 Å². The molecule has 0 saturated carbocycles. The third kappa shape index (κ3) is 3.80. The van der Waals surface area contributed by atoms with Crippen molar-refractivity contribution in [1.29, 1.82) is 0 Å². The number of hydrogen-bond acceptors (Lipinski definition) is 6. The lowest BCUT2D eigenvalue weighted by Gasteiger charge is -2.14. The van der Waals surface area contributed by atoms with E-state index in [-0.39, 0.29) is 5.78 Å². The molecule has 0 amide bonds. The zero-order valence-corrected chi connectivity index (χ0v) is 16.5. The second-order valence-electron chi connectivity index (χ2n) is 6.69. The van der Waals surface area contributed by atoms with Crippen LogP contribution in [0.25, 0.3) is 22.4 Å². The van der Waals surface area contributed by atoms with Gasteiger partial charge in [0.05, 0.1) is 24.5 Å². The minimum Gasteiger partial charge on any atom is -0.497 e. The molecule has 0 unspecified atom stereocenters. The number of furan rings is 1. The number of hydrogen-bond donors (Lipinski definition) is 0. The lowest BCUT2D eigenvalue weighted by atomic mass is 10.1. The highest BCUT2D eigenvalue weighted by Crippen LogP contribution is 2.26. The first-order valence-electron chi connectivity index (χ1n) is 9.39. The Morgan fingerprint density at radius 3 is 2.47 bits per heavy atom. The van der Waals surface area contributed by atoms with Crippen molar-refractivity contribution in [3.8, 4) is 17.2 Å². The number of methoxy groups -OCH3 is 1. The number of fused-ring (bicyclic) bond motifs is 1. The van der Waals surface area contributed by atoms with Gasteiger partial charge in [0.2, 0.25) is 5.78 Å². The molecule has 6 heteroatoms. The van der Waals surface area contributed by atoms with Gasteiger partial charge in [-0.3, -0.25) is 4.79 Å². The summed E-state index contributed by atoms with van der Waals surface area (Å²) < 4.78 is 16.0. The average molecular weight is 401 g/mol. The Bertz CT molecular complexity index is 1200. The van der Waals surface area contributed by atoms with Crippen LogP contribution in [0.4, 0.5) is 0 Å². The quantitative estimate of drug-likeness (QED) is 0.337. The van der Waals surface area contributed by atoms with Crippen molar-refractivity contribution in [3.63, 3.8) is 0 Å². The SMILES string of the molecule is COc1ccc(C(=O)[C@H](C)OC(=O)c2cc(-c3ccco3)nc3ccccc23)cc1. The van der Waals surface area contributed by atoms with Crippen LogP contribution in [0.15, 0.2) is 77.4 Å². The second-order valence-corrected chi connectivity index (χ2v) is 6.69. The van der Waals surface area contributed by atoms with Crippen molar-refractivity contribution < 1.29 is 23.5 Å². The van der Waals surface area contributed by atoms with Crippen molar-refractivity contribution in [2.45, 2.75) is 13.0 Å². The van der Waals surface area contributed by atoms with Gasteiger partial charge < -0.3 is 13.9 Å². The van der Waals surface area contributed by atoms with E-state index in [2.05, 4.69) is 4.98 Å². The van der Waals surface area contributed by atoms with Crippen LogP contribution in [0.5, 0.6) is 5.75 Å². The summed E-state index contributed by atoms with van der Waals surface area (Å²) in [7, 11) is 1.55. The zero-order valence-electron chi connectivity index (χ0n) is 16.5. The molecule has 30 heavy (non-hydrogen) atoms. The number of ketones is 1. The number of ether oxygens (including phenoxy) is 2. The highest BCUT2D eigenvalue weighted by atomic mass is 16.5. The third-order valence-electron chi connectivity index (χ3n) is 4.74. The number of pyridine rings is 1. The minimum absolute atomic E-state index is 0.296. The summed E-state index contributed by atoms with van der Waals surface area (Å²) in [5.74, 6) is 0.286. The van der Waals surface area contributed by atoms with Crippen LogP contribution < -0.4 is 4.74 Å². The summed E-state index contributed by atoms with van der Waals surface area (Å²) in [6.07, 6.45) is 0.588. The molecule has 0 N–H and O–H groups in total. The van der Waals surface area contributed by atoms with Crippen molar-refractivity contribution in [1.82, 2.24) is 4.98 Å². The molecular weight excluding hydrogens is 382 g/mol. The first-order chi connectivity index (χ1) is 14.6. The molecule has 2 aromatic heterocycles. The van der Waals surface area contributed by atoms with Crippen LogP contribution in [-0.2, 0) is 4.74 Å². The monoisotopic (exact) mass is 401 g/mol. The van der Waals surface area contributed by atoms with Gasteiger partial charge >= 0.3 is 5.97 Å². The van der Waals surface area contributed by atoms with E-state index in [9.17, 15) is 9.59 Å². The number of aromatic nitrogens is 1. The van der Waals surface area contributed by atoms with Crippen LogP contribution >= 0.6 is 0 Å². The molecule has 2 aromatic carbocycles. The van der Waals surface area contributed by atoms with E-state index in [0.717, 1.165) is 0 Å². The normalized spacial score (nSPS) is 11.8. The number of nitrogens with zero attached hydrogens (tertiary/aromatic N) is 1. The number of rotatable bonds is 6. The van der Waals surface area contributed by atoms with Gasteiger partial charge in [0, 0.05) is 10.9 Å². The third-order valence-corrected chi connectivity index (χ3v) is 4.74. The first-order valence-corrected chi connectivity index (χ1v) is 9.39. The van der Waals surface area contributed by atoms with Crippen molar-refractivity contribution in [2.24, 2.45) is 0 Å². The standard InChI is InChI=1S/C24H19NO5/c1-15(23(26)16-9-11-17(28-2)12-10-16)30-24(27)19-14-21(22-8-5-13-29-22)25-20-7-4-3-6-18(19)20/h3-15H,1-2H3/t15-/m0/s1. The average Bonchev–Trinajstić information content (AvgIpc) is 3.33. The van der Waals surface area contributed by atoms with Gasteiger partial charge in [-0.25, -0.2) is 9.78 Å². The predicted molar refractivity (Wildman–Crippen MR) is 112 cm³/mol. The molecule has 0 radical (unpaired) electrons. The first kappa shape index (κ1) is 19.4. The highest BCUT2D eigenvalue weighted by molar-refractivity contribution is 6.06. The maximum atomic E-state index is 13.0. The van der Waals surface area contributed by atoms with Gasteiger partial charge in [0.25, 0.3) is 0 Å². The number of Topliss-reactive ketones (excluding diaryl/α,β-unsaturated/α-hetero) is 1. The van der Waals surface area contributed by atoms with Crippen molar-refractivity contribution >= 4 is 22.7 Å². The minimum atomic E-state index is -0.954. The van der Waals surface area contributed by atoms with E-state index in [1.165, 1.54) is 0 Å². The molecular formula is C24H19NO5. The number of benzene rings is 2. The van der Waals surface area contributed by atoms with Gasteiger partial charge in [-0.05, 0) is 55.5 Å². The molecule has 4 aromatic rings. The topological polar surface area (TPSA) is 78.6 Å². The molecule has 0 aliphatic heterocycles. The number of carbonyl (C=O) groups is 2. The second kappa shape index (κ2) is 8.21. The van der Waals surface area contributed by atoms with E-state index in [4.69, 9.17) is 13.9 Å². The summed E-state index contributed by atoms with van der Waals surface area (Å²) in [5.41, 5.74) is 1.90. The Kier molecular flexibility index (Phi) is 5.30. The Hall–Kier alpha value is -3.93. The largest absolute Gasteiger partial charge is 0.497 e. The maximum absolute atomic E-state index is 13.0. The van der Waals surface area contributed by atoms with E-state index in [1.807, 2.05) is 18.2 Å². The molecule has 4 rings (SSSR count). The highest BCUT2D eigenvalue weighted by Gasteiger charge is 2.23. The summed E-state index contributed by atoms with van der Waals surface area (Å²) >= 11 is 0. The van der Waals surface area contributed by atoms with Crippen LogP contribution in [0, 0.1) is 0 Å². The number of carbonyl (C=O) groups excluding carboxylic acids is 2. The van der Waals surface area contributed by atoms with Gasteiger partial charge in [0.15, 0.2) is 11.9 Å². The van der Waals surface area contributed by atoms with Gasteiger partial charge in [-0.15, -0.1) is 0 Å². The fraction of sp³-hybridized carbons (Fsp3) is 0.125. The lowest BCUT2D eigenvalue weighted by Crippen LogP contribution is -2.24. The molecule has 6 nitrogen and oxygen atoms in total. The Morgan fingerprint density at radius 2 is 1.77 bits per heavy atom. The fourth-order valence-corrected chi connectivity index (χ4v) is 3.16. The summed E-state index contributed by atoms with van der Waals surface area (Å²) in [6.45, 7) is 1.56. The molecule has 0 aliphatic rings. The van der Waals surface area contributed by atoms with Gasteiger partial charge in [-0.2, -0.15) is 0 Å². The molecule has 0 fully saturated rings. The van der Waals surface area contributed by atoms with Crippen LogP contribution in [0.3, 0.4) is 0 Å². The summed E-state index contributed by atoms with van der Waals surface area (Å²) in [5, 5.41) is 0.641. The zero-order chi connectivity index (χ0) is 21.1. The summed E-state index contributed by atoms with van der Waals surface area (Å²) in [4.78, 5) is 30.2. The molecule has 2 heterocycles. The van der Waals surface area contributed by atoms with Gasteiger partial charge in [-0.1, -0.05) is 18.2 Å². The maximum Gasteiger partial charge on any atom is 0.339 e. The van der Waals surface area contributed by atoms with E-state index in [1.54, 1.807) is 68.8 Å². The van der Waals surface area contributed by atoms with E-state index < -0.39 is 12.1 Å². The van der Waals surface area contributed by atoms with Crippen LogP contribution in [-0.4, -0.2) is 30.0 Å². The Morgan fingerprint density at radius 1 is 1.00 bits per heavy atom. The predicted octanol–water partition coefficient (Wildman–Crippen LogP) is 4.93. The van der Waals surface area contributed by atoms with E-state index in [0.29, 0.717) is 39.2 Å². The number of esters is 1.